The normalized spacial score (nSPS) is 14.5. The molecule has 5 rings (SSSR count). The first kappa shape index (κ1) is 37.3. The van der Waals surface area contributed by atoms with E-state index in [4.69, 9.17) is 0 Å². The quantitative estimate of drug-likeness (QED) is 0.132. The van der Waals surface area contributed by atoms with Gasteiger partial charge in [0, 0.05) is 22.3 Å². The van der Waals surface area contributed by atoms with Crippen molar-refractivity contribution in [2.24, 2.45) is 0 Å². The predicted molar refractivity (Wildman–Crippen MR) is 156 cm³/mol. The second kappa shape index (κ2) is 13.6. The fourth-order valence-corrected chi connectivity index (χ4v) is 5.10. The number of rotatable bonds is 8. The summed E-state index contributed by atoms with van der Waals surface area (Å²) in [6.07, 6.45) is -20.5. The van der Waals surface area contributed by atoms with Crippen LogP contribution >= 0.6 is 0 Å². The maximum atomic E-state index is 14.5. The Morgan fingerprint density at radius 1 is 0.288 bits per heavy atom. The highest BCUT2D eigenvalue weighted by atomic mass is 19.4. The molecular weight excluding hydrogens is 732 g/mol. The van der Waals surface area contributed by atoms with Crippen molar-refractivity contribution in [3.63, 3.8) is 0 Å². The zero-order chi connectivity index (χ0) is 38.2. The van der Waals surface area contributed by atoms with Crippen molar-refractivity contribution in [2.75, 3.05) is 0 Å². The number of carbonyl (C=O) groups is 2. The van der Waals surface area contributed by atoms with Gasteiger partial charge in [0.05, 0.1) is 0 Å². The summed E-state index contributed by atoms with van der Waals surface area (Å²) in [6.45, 7) is 0. The van der Waals surface area contributed by atoms with Crippen LogP contribution in [0.1, 0.15) is 22.3 Å². The number of alkyl halides is 12. The highest BCUT2D eigenvalue weighted by Gasteiger charge is 2.39. The van der Waals surface area contributed by atoms with Gasteiger partial charge in [-0.05, 0) is 70.8 Å². The number of allylic oxidation sites excluding steroid dienone is 4. The SMILES string of the molecule is O=C1C(c2ccc(OC(F)(F)F)cc2)=C(c2ccc(OC(F)(F)F)cc2)C(=O)C(c2ccc(OC(F)(F)F)cc2)=C1c1ccc(OC(F)(F)F)cc1. The van der Waals surface area contributed by atoms with Crippen molar-refractivity contribution in [3.05, 3.63) is 119 Å². The predicted octanol–water partition coefficient (Wildman–Crippen LogP) is 9.95. The summed E-state index contributed by atoms with van der Waals surface area (Å²) in [6, 6.07) is 14.1. The Kier molecular flexibility index (Phi) is 9.79. The lowest BCUT2D eigenvalue weighted by atomic mass is 9.75. The average Bonchev–Trinajstić information content (AvgIpc) is 3.01. The van der Waals surface area contributed by atoms with Crippen LogP contribution in [0.4, 0.5) is 52.7 Å². The molecule has 0 atom stereocenters. The molecule has 4 aromatic carbocycles. The van der Waals surface area contributed by atoms with Gasteiger partial charge in [-0.3, -0.25) is 9.59 Å². The van der Waals surface area contributed by atoms with Crippen molar-refractivity contribution < 1.29 is 81.2 Å². The Balaban J connectivity index is 1.73. The van der Waals surface area contributed by atoms with Gasteiger partial charge in [0.2, 0.25) is 0 Å². The summed E-state index contributed by atoms with van der Waals surface area (Å²) in [5.74, 6) is -5.08. The zero-order valence-corrected chi connectivity index (χ0v) is 25.2. The first-order valence-corrected chi connectivity index (χ1v) is 14.1. The first-order chi connectivity index (χ1) is 24.1. The molecule has 0 saturated heterocycles. The highest BCUT2D eigenvalue weighted by molar-refractivity contribution is 6.66. The molecule has 0 heterocycles. The first-order valence-electron chi connectivity index (χ1n) is 14.1. The summed E-state index contributed by atoms with van der Waals surface area (Å²) < 4.78 is 170. The molecule has 0 bridgehead atoms. The van der Waals surface area contributed by atoms with Gasteiger partial charge < -0.3 is 18.9 Å². The van der Waals surface area contributed by atoms with Crippen molar-refractivity contribution in [3.8, 4) is 23.0 Å². The number of carbonyl (C=O) groups excluding carboxylic acids is 2. The van der Waals surface area contributed by atoms with E-state index in [2.05, 4.69) is 18.9 Å². The van der Waals surface area contributed by atoms with E-state index >= 15 is 0 Å². The summed E-state index contributed by atoms with van der Waals surface area (Å²) in [7, 11) is 0. The Morgan fingerprint density at radius 2 is 0.442 bits per heavy atom. The second-order valence-electron chi connectivity index (χ2n) is 10.4. The minimum Gasteiger partial charge on any atom is -0.406 e. The lowest BCUT2D eigenvalue weighted by Crippen LogP contribution is -2.22. The third kappa shape index (κ3) is 9.23. The van der Waals surface area contributed by atoms with Crippen molar-refractivity contribution in [2.45, 2.75) is 25.4 Å². The van der Waals surface area contributed by atoms with Crippen molar-refractivity contribution in [1.29, 1.82) is 0 Å². The van der Waals surface area contributed by atoms with Gasteiger partial charge in [0.15, 0.2) is 11.6 Å². The van der Waals surface area contributed by atoms with E-state index in [0.29, 0.717) is 0 Å². The van der Waals surface area contributed by atoms with E-state index in [1.165, 1.54) is 0 Å². The maximum Gasteiger partial charge on any atom is 0.573 e. The van der Waals surface area contributed by atoms with Crippen LogP contribution in [0, 0.1) is 0 Å². The average molecular weight is 748 g/mol. The lowest BCUT2D eigenvalue weighted by molar-refractivity contribution is -0.275. The van der Waals surface area contributed by atoms with Crippen LogP contribution in [0.2, 0.25) is 0 Å². The van der Waals surface area contributed by atoms with Crippen LogP contribution in [-0.2, 0) is 9.59 Å². The fourth-order valence-electron chi connectivity index (χ4n) is 5.10. The molecule has 0 radical (unpaired) electrons. The van der Waals surface area contributed by atoms with Crippen LogP contribution in [0.25, 0.3) is 22.3 Å². The van der Waals surface area contributed by atoms with Gasteiger partial charge >= 0.3 is 25.4 Å². The molecule has 18 heteroatoms. The number of benzene rings is 4. The Labute approximate surface area is 283 Å². The molecule has 6 nitrogen and oxygen atoms in total. The molecule has 272 valence electrons. The third-order valence-electron chi connectivity index (χ3n) is 6.91. The van der Waals surface area contributed by atoms with Gasteiger partial charge in [0.25, 0.3) is 0 Å². The number of ketones is 2. The Hall–Kier alpha value is -5.94. The van der Waals surface area contributed by atoms with Crippen molar-refractivity contribution in [1.82, 2.24) is 0 Å². The van der Waals surface area contributed by atoms with Gasteiger partial charge in [-0.2, -0.15) is 0 Å². The van der Waals surface area contributed by atoms with E-state index in [9.17, 15) is 62.3 Å². The largest absolute Gasteiger partial charge is 0.573 e. The van der Waals surface area contributed by atoms with E-state index in [1.807, 2.05) is 0 Å². The van der Waals surface area contributed by atoms with Crippen LogP contribution in [0.15, 0.2) is 97.1 Å². The molecule has 0 amide bonds. The maximum absolute atomic E-state index is 14.5. The molecule has 4 aromatic rings. The minimum absolute atomic E-state index is 0.207. The monoisotopic (exact) mass is 748 g/mol. The van der Waals surface area contributed by atoms with Crippen molar-refractivity contribution >= 4 is 33.9 Å². The summed E-state index contributed by atoms with van der Waals surface area (Å²) in [4.78, 5) is 29.1. The lowest BCUT2D eigenvalue weighted by Gasteiger charge is -2.26. The Bertz CT molecular complexity index is 1730. The highest BCUT2D eigenvalue weighted by Crippen LogP contribution is 2.45. The standard InChI is InChI=1S/C34H16F12O6/c35-31(36,37)49-21-9-1-17(2-10-21)25-26(18-3-11-22(12-4-18)50-32(38,39)40)30(48)28(20-7-15-24(16-8-20)52-34(44,45)46)27(29(25)47)19-5-13-23(14-6-19)51-33(41,42)43/h1-16H. The smallest absolute Gasteiger partial charge is 0.406 e. The third-order valence-corrected chi connectivity index (χ3v) is 6.91. The molecule has 0 saturated carbocycles. The van der Waals surface area contributed by atoms with Gasteiger partial charge in [0.1, 0.15) is 23.0 Å². The van der Waals surface area contributed by atoms with E-state index in [1.54, 1.807) is 0 Å². The summed E-state index contributed by atoms with van der Waals surface area (Å²) in [5, 5.41) is 0. The van der Waals surface area contributed by atoms with Gasteiger partial charge in [-0.15, -0.1) is 52.7 Å². The molecule has 1 aliphatic rings. The molecule has 0 aliphatic heterocycles. The summed E-state index contributed by atoms with van der Waals surface area (Å²) >= 11 is 0. The molecule has 0 N–H and O–H groups in total. The minimum atomic E-state index is -5.11. The number of halogens is 12. The van der Waals surface area contributed by atoms with E-state index in [0.717, 1.165) is 97.1 Å². The molecule has 0 unspecified atom stereocenters. The van der Waals surface area contributed by atoms with E-state index in [-0.39, 0.29) is 22.3 Å². The number of hydrogen-bond acceptors (Lipinski definition) is 6. The molecule has 1 aliphatic carbocycles. The number of ether oxygens (including phenoxy) is 4. The topological polar surface area (TPSA) is 71.1 Å². The van der Waals surface area contributed by atoms with Gasteiger partial charge in [-0.1, -0.05) is 48.5 Å². The number of Topliss-reactive ketones (excluding diaryl/α,β-unsaturated/α-hetero) is 2. The molecule has 0 fully saturated rings. The summed E-state index contributed by atoms with van der Waals surface area (Å²) in [5.41, 5.74) is -2.89. The number of hydrogen-bond donors (Lipinski definition) is 0. The fraction of sp³-hybridized carbons (Fsp3) is 0.118. The van der Waals surface area contributed by atoms with Crippen LogP contribution < -0.4 is 18.9 Å². The molecule has 0 aromatic heterocycles. The molecular formula is C34H16F12O6. The molecule has 52 heavy (non-hydrogen) atoms. The van der Waals surface area contributed by atoms with Crippen LogP contribution in [-0.4, -0.2) is 37.0 Å². The van der Waals surface area contributed by atoms with Crippen LogP contribution in [0.3, 0.4) is 0 Å². The second-order valence-corrected chi connectivity index (χ2v) is 10.4. The zero-order valence-electron chi connectivity index (χ0n) is 25.2. The van der Waals surface area contributed by atoms with E-state index < -0.39 is 82.3 Å². The molecule has 0 spiro atoms. The Morgan fingerprint density at radius 3 is 0.577 bits per heavy atom. The van der Waals surface area contributed by atoms with Crippen LogP contribution in [0.5, 0.6) is 23.0 Å². The van der Waals surface area contributed by atoms with Gasteiger partial charge in [-0.25, -0.2) is 0 Å².